The molecule has 0 aliphatic rings. The number of carbonyl (C=O) groups excluding carboxylic acids is 1. The smallest absolute Gasteiger partial charge is 0.328 e. The number of fused-ring (bicyclic) bond motifs is 1. The molecular weight excluding hydrogens is 304 g/mol. The minimum atomic E-state index is -0.264. The molecule has 0 saturated heterocycles. The van der Waals surface area contributed by atoms with E-state index >= 15 is 0 Å². The number of carbonyl (C=O) groups is 1. The minimum absolute atomic E-state index is 0.114. The van der Waals surface area contributed by atoms with Crippen LogP contribution in [0.3, 0.4) is 0 Å². The topological polar surface area (TPSA) is 79.8 Å². The molecule has 0 spiro atoms. The molecule has 0 atom stereocenters. The van der Waals surface area contributed by atoms with E-state index in [4.69, 9.17) is 5.26 Å². The third-order valence-electron chi connectivity index (χ3n) is 3.93. The zero-order valence-electron chi connectivity index (χ0n) is 13.2. The summed E-state index contributed by atoms with van der Waals surface area (Å²) in [5, 5.41) is 11.7. The van der Waals surface area contributed by atoms with Gasteiger partial charge in [-0.25, -0.2) is 4.79 Å². The highest BCUT2D eigenvalue weighted by atomic mass is 16.2. The number of nitrogens with zero attached hydrogens (tertiary/aromatic N) is 3. The molecule has 3 rings (SSSR count). The Bertz CT molecular complexity index is 1010. The summed E-state index contributed by atoms with van der Waals surface area (Å²) >= 11 is 0. The average Bonchev–Trinajstić information content (AvgIpc) is 2.87. The maximum absolute atomic E-state index is 12.3. The first-order chi connectivity index (χ1) is 11.6. The molecule has 6 heteroatoms. The SMILES string of the molecule is Cn1c(=O)n(CCNC(=O)c2cccc(C#N)c2)c2ccccc21. The maximum Gasteiger partial charge on any atom is 0.328 e. The van der Waals surface area contributed by atoms with E-state index in [-0.39, 0.29) is 11.6 Å². The highest BCUT2D eigenvalue weighted by Crippen LogP contribution is 2.11. The van der Waals surface area contributed by atoms with Crippen LogP contribution in [0.25, 0.3) is 11.0 Å². The van der Waals surface area contributed by atoms with Crippen molar-refractivity contribution in [3.63, 3.8) is 0 Å². The summed E-state index contributed by atoms with van der Waals surface area (Å²) in [5.74, 6) is -0.264. The molecule has 0 saturated carbocycles. The molecule has 0 unspecified atom stereocenters. The van der Waals surface area contributed by atoms with Gasteiger partial charge in [0.2, 0.25) is 0 Å². The van der Waals surface area contributed by atoms with Gasteiger partial charge in [0.05, 0.1) is 22.7 Å². The number of nitrogens with one attached hydrogen (secondary N) is 1. The van der Waals surface area contributed by atoms with Crippen LogP contribution in [0.4, 0.5) is 0 Å². The number of aromatic nitrogens is 2. The van der Waals surface area contributed by atoms with E-state index in [1.54, 1.807) is 40.4 Å². The van der Waals surface area contributed by atoms with Crippen molar-refractivity contribution in [3.05, 3.63) is 70.1 Å². The number of aryl methyl sites for hydroxylation is 1. The molecule has 1 amide bonds. The zero-order valence-corrected chi connectivity index (χ0v) is 13.2. The third kappa shape index (κ3) is 2.79. The number of amides is 1. The van der Waals surface area contributed by atoms with Gasteiger partial charge in [-0.15, -0.1) is 0 Å². The summed E-state index contributed by atoms with van der Waals surface area (Å²) in [6, 6.07) is 16.1. The molecule has 120 valence electrons. The molecule has 1 heterocycles. The second-order valence-electron chi connectivity index (χ2n) is 5.43. The first kappa shape index (κ1) is 15.6. The Kier molecular flexibility index (Phi) is 4.17. The van der Waals surface area contributed by atoms with Crippen LogP contribution in [-0.2, 0) is 13.6 Å². The van der Waals surface area contributed by atoms with E-state index in [1.807, 2.05) is 30.3 Å². The zero-order chi connectivity index (χ0) is 17.1. The van der Waals surface area contributed by atoms with Crippen molar-refractivity contribution in [2.75, 3.05) is 6.54 Å². The summed E-state index contributed by atoms with van der Waals surface area (Å²) in [6.07, 6.45) is 0. The van der Waals surface area contributed by atoms with E-state index in [9.17, 15) is 9.59 Å². The number of rotatable bonds is 4. The quantitative estimate of drug-likeness (QED) is 0.793. The van der Waals surface area contributed by atoms with Crippen molar-refractivity contribution in [2.24, 2.45) is 7.05 Å². The van der Waals surface area contributed by atoms with Crippen molar-refractivity contribution >= 4 is 16.9 Å². The normalized spacial score (nSPS) is 10.5. The molecule has 3 aromatic rings. The lowest BCUT2D eigenvalue weighted by Gasteiger charge is -2.06. The van der Waals surface area contributed by atoms with Crippen molar-refractivity contribution in [2.45, 2.75) is 6.54 Å². The van der Waals surface area contributed by atoms with Crippen LogP contribution in [-0.4, -0.2) is 21.6 Å². The van der Waals surface area contributed by atoms with E-state index in [0.717, 1.165) is 11.0 Å². The Balaban J connectivity index is 1.73. The second kappa shape index (κ2) is 6.42. The predicted octanol–water partition coefficient (Wildman–Crippen LogP) is 1.64. The lowest BCUT2D eigenvalue weighted by Crippen LogP contribution is -2.31. The monoisotopic (exact) mass is 320 g/mol. The molecule has 24 heavy (non-hydrogen) atoms. The molecule has 0 radical (unpaired) electrons. The number of imidazole rings is 1. The number of nitriles is 1. The summed E-state index contributed by atoms with van der Waals surface area (Å²) in [6.45, 7) is 0.702. The molecule has 1 N–H and O–H groups in total. The van der Waals surface area contributed by atoms with Crippen molar-refractivity contribution in [3.8, 4) is 6.07 Å². The van der Waals surface area contributed by atoms with Gasteiger partial charge in [-0.3, -0.25) is 13.9 Å². The lowest BCUT2D eigenvalue weighted by molar-refractivity contribution is 0.0952. The largest absolute Gasteiger partial charge is 0.350 e. The standard InChI is InChI=1S/C18H16N4O2/c1-21-15-7-2-3-8-16(15)22(18(21)24)10-9-20-17(23)14-6-4-5-13(11-14)12-19/h2-8,11H,9-10H2,1H3,(H,20,23). The second-order valence-corrected chi connectivity index (χ2v) is 5.43. The van der Waals surface area contributed by atoms with Gasteiger partial charge >= 0.3 is 5.69 Å². The van der Waals surface area contributed by atoms with Gasteiger partial charge in [-0.2, -0.15) is 5.26 Å². The van der Waals surface area contributed by atoms with Crippen LogP contribution in [0.2, 0.25) is 0 Å². The lowest BCUT2D eigenvalue weighted by atomic mass is 10.1. The van der Waals surface area contributed by atoms with Gasteiger partial charge < -0.3 is 5.32 Å². The van der Waals surface area contributed by atoms with Gasteiger partial charge in [-0.05, 0) is 30.3 Å². The maximum atomic E-state index is 12.3. The van der Waals surface area contributed by atoms with E-state index < -0.39 is 0 Å². The Morgan fingerprint density at radius 2 is 1.92 bits per heavy atom. The fraction of sp³-hybridized carbons (Fsp3) is 0.167. The molecule has 0 aliphatic heterocycles. The Morgan fingerprint density at radius 3 is 2.67 bits per heavy atom. The van der Waals surface area contributed by atoms with Crippen molar-refractivity contribution in [1.29, 1.82) is 5.26 Å². The minimum Gasteiger partial charge on any atom is -0.350 e. The average molecular weight is 320 g/mol. The van der Waals surface area contributed by atoms with Crippen molar-refractivity contribution in [1.82, 2.24) is 14.5 Å². The molecule has 0 fully saturated rings. The Labute approximate surface area is 138 Å². The van der Waals surface area contributed by atoms with Crippen LogP contribution in [0.1, 0.15) is 15.9 Å². The molecule has 6 nitrogen and oxygen atoms in total. The number of benzene rings is 2. The molecule has 2 aromatic carbocycles. The first-order valence-electron chi connectivity index (χ1n) is 7.54. The summed E-state index contributed by atoms with van der Waals surface area (Å²) < 4.78 is 3.23. The van der Waals surface area contributed by atoms with Gasteiger partial charge in [0.15, 0.2) is 0 Å². The third-order valence-corrected chi connectivity index (χ3v) is 3.93. The number of hydrogen-bond acceptors (Lipinski definition) is 3. The van der Waals surface area contributed by atoms with Gasteiger partial charge in [0.25, 0.3) is 5.91 Å². The Morgan fingerprint density at radius 1 is 1.17 bits per heavy atom. The van der Waals surface area contributed by atoms with E-state index in [1.165, 1.54) is 0 Å². The van der Waals surface area contributed by atoms with Crippen LogP contribution < -0.4 is 11.0 Å². The fourth-order valence-corrected chi connectivity index (χ4v) is 2.69. The van der Waals surface area contributed by atoms with Gasteiger partial charge in [-0.1, -0.05) is 18.2 Å². The van der Waals surface area contributed by atoms with Crippen LogP contribution >= 0.6 is 0 Å². The molecule has 1 aromatic heterocycles. The van der Waals surface area contributed by atoms with Crippen molar-refractivity contribution < 1.29 is 4.79 Å². The van der Waals surface area contributed by atoms with Crippen LogP contribution in [0, 0.1) is 11.3 Å². The highest BCUT2D eigenvalue weighted by molar-refractivity contribution is 5.94. The van der Waals surface area contributed by atoms with Crippen LogP contribution in [0.5, 0.6) is 0 Å². The summed E-state index contributed by atoms with van der Waals surface area (Å²) in [5.41, 5.74) is 2.45. The number of hydrogen-bond donors (Lipinski definition) is 1. The summed E-state index contributed by atoms with van der Waals surface area (Å²) in [4.78, 5) is 24.4. The molecular formula is C18H16N4O2. The fourth-order valence-electron chi connectivity index (χ4n) is 2.69. The first-order valence-corrected chi connectivity index (χ1v) is 7.54. The van der Waals surface area contributed by atoms with Gasteiger partial charge in [0, 0.05) is 25.7 Å². The molecule has 0 aliphatic carbocycles. The van der Waals surface area contributed by atoms with Gasteiger partial charge in [0.1, 0.15) is 0 Å². The Hall–Kier alpha value is -3.33. The number of para-hydroxylation sites is 2. The van der Waals surface area contributed by atoms with E-state index in [2.05, 4.69) is 5.32 Å². The van der Waals surface area contributed by atoms with E-state index in [0.29, 0.717) is 24.2 Å². The predicted molar refractivity (Wildman–Crippen MR) is 90.7 cm³/mol. The van der Waals surface area contributed by atoms with Crippen LogP contribution in [0.15, 0.2) is 53.3 Å². The summed E-state index contributed by atoms with van der Waals surface area (Å²) in [7, 11) is 1.73. The highest BCUT2D eigenvalue weighted by Gasteiger charge is 2.10. The molecule has 0 bridgehead atoms.